The number of fused-ring (bicyclic) bond motifs is 1. The standard InChI is InChI=1S/C19H24N2O3/c22-18(13-24-12-14-5-6-14)11-21-19(23)20-10-15-7-8-16-3-1-2-4-17(16)9-15/h1-4,7-9,14,18,22H,5-6,10-13H2,(H2,20,21,23). The van der Waals surface area contributed by atoms with Crippen LogP contribution in [-0.4, -0.2) is 37.0 Å². The van der Waals surface area contributed by atoms with Crippen molar-refractivity contribution in [3.05, 3.63) is 48.0 Å². The molecule has 0 bridgehead atoms. The third kappa shape index (κ3) is 5.22. The minimum Gasteiger partial charge on any atom is -0.389 e. The lowest BCUT2D eigenvalue weighted by molar-refractivity contribution is 0.0337. The third-order valence-corrected chi connectivity index (χ3v) is 4.13. The van der Waals surface area contributed by atoms with Crippen molar-refractivity contribution in [1.82, 2.24) is 10.6 Å². The first-order chi connectivity index (χ1) is 11.7. The predicted molar refractivity (Wildman–Crippen MR) is 93.7 cm³/mol. The van der Waals surface area contributed by atoms with Crippen LogP contribution in [0.15, 0.2) is 42.5 Å². The molecule has 0 heterocycles. The van der Waals surface area contributed by atoms with Gasteiger partial charge in [-0.1, -0.05) is 36.4 Å². The number of aliphatic hydroxyl groups is 1. The Bertz CT molecular complexity index is 685. The smallest absolute Gasteiger partial charge is 0.315 e. The van der Waals surface area contributed by atoms with Gasteiger partial charge in [-0.05, 0) is 41.2 Å². The summed E-state index contributed by atoms with van der Waals surface area (Å²) in [5.41, 5.74) is 1.04. The quantitative estimate of drug-likeness (QED) is 0.697. The van der Waals surface area contributed by atoms with Gasteiger partial charge in [-0.3, -0.25) is 0 Å². The maximum absolute atomic E-state index is 11.8. The Morgan fingerprint density at radius 3 is 2.75 bits per heavy atom. The summed E-state index contributed by atoms with van der Waals surface area (Å²) in [6, 6.07) is 13.9. The first-order valence-electron chi connectivity index (χ1n) is 8.46. The van der Waals surface area contributed by atoms with Crippen LogP contribution >= 0.6 is 0 Å². The van der Waals surface area contributed by atoms with Crippen molar-refractivity contribution in [2.75, 3.05) is 19.8 Å². The average molecular weight is 328 g/mol. The topological polar surface area (TPSA) is 70.6 Å². The third-order valence-electron chi connectivity index (χ3n) is 4.13. The fourth-order valence-electron chi connectivity index (χ4n) is 2.52. The highest BCUT2D eigenvalue weighted by Crippen LogP contribution is 2.28. The van der Waals surface area contributed by atoms with E-state index in [1.54, 1.807) is 0 Å². The van der Waals surface area contributed by atoms with Crippen LogP contribution in [0.25, 0.3) is 10.8 Å². The van der Waals surface area contributed by atoms with Gasteiger partial charge in [0.15, 0.2) is 0 Å². The molecule has 5 nitrogen and oxygen atoms in total. The number of ether oxygens (including phenoxy) is 1. The highest BCUT2D eigenvalue weighted by molar-refractivity contribution is 5.83. The van der Waals surface area contributed by atoms with Crippen LogP contribution in [0.4, 0.5) is 4.79 Å². The summed E-state index contributed by atoms with van der Waals surface area (Å²) in [5.74, 6) is 0.676. The second-order valence-corrected chi connectivity index (χ2v) is 6.38. The molecule has 2 aromatic rings. The number of hydrogen-bond acceptors (Lipinski definition) is 3. The molecule has 0 saturated heterocycles. The molecule has 1 unspecified atom stereocenters. The fourth-order valence-corrected chi connectivity index (χ4v) is 2.52. The van der Waals surface area contributed by atoms with E-state index in [-0.39, 0.29) is 19.2 Å². The molecule has 5 heteroatoms. The van der Waals surface area contributed by atoms with Crippen LogP contribution in [0.1, 0.15) is 18.4 Å². The van der Waals surface area contributed by atoms with Crippen molar-refractivity contribution in [3.8, 4) is 0 Å². The Hall–Kier alpha value is -2.11. The summed E-state index contributed by atoms with van der Waals surface area (Å²) in [4.78, 5) is 11.8. The molecular formula is C19H24N2O3. The monoisotopic (exact) mass is 328 g/mol. The van der Waals surface area contributed by atoms with E-state index >= 15 is 0 Å². The number of carbonyl (C=O) groups excluding carboxylic acids is 1. The van der Waals surface area contributed by atoms with Gasteiger partial charge in [-0.25, -0.2) is 4.79 Å². The number of rotatable bonds is 8. The number of urea groups is 1. The summed E-state index contributed by atoms with van der Waals surface area (Å²) in [6.45, 7) is 1.62. The van der Waals surface area contributed by atoms with Crippen molar-refractivity contribution in [2.24, 2.45) is 5.92 Å². The maximum atomic E-state index is 11.8. The molecular weight excluding hydrogens is 304 g/mol. The molecule has 3 rings (SSSR count). The molecule has 128 valence electrons. The molecule has 24 heavy (non-hydrogen) atoms. The Kier molecular flexibility index (Phi) is 5.67. The van der Waals surface area contributed by atoms with E-state index < -0.39 is 6.10 Å². The predicted octanol–water partition coefficient (Wildman–Crippen LogP) is 2.43. The van der Waals surface area contributed by atoms with Gasteiger partial charge in [0.25, 0.3) is 0 Å². The number of carbonyl (C=O) groups is 1. The molecule has 0 aromatic heterocycles. The number of hydrogen-bond donors (Lipinski definition) is 3. The molecule has 1 aliphatic carbocycles. The largest absolute Gasteiger partial charge is 0.389 e. The van der Waals surface area contributed by atoms with Gasteiger partial charge in [0.2, 0.25) is 0 Å². The second-order valence-electron chi connectivity index (χ2n) is 6.38. The maximum Gasteiger partial charge on any atom is 0.315 e. The molecule has 2 aromatic carbocycles. The zero-order chi connectivity index (χ0) is 16.8. The Labute approximate surface area is 142 Å². The van der Waals surface area contributed by atoms with Crippen molar-refractivity contribution >= 4 is 16.8 Å². The highest BCUT2D eigenvalue weighted by atomic mass is 16.5. The van der Waals surface area contributed by atoms with Crippen LogP contribution in [0.2, 0.25) is 0 Å². The van der Waals surface area contributed by atoms with E-state index in [0.29, 0.717) is 19.1 Å². The van der Waals surface area contributed by atoms with Crippen molar-refractivity contribution in [2.45, 2.75) is 25.5 Å². The SMILES string of the molecule is O=C(NCc1ccc2ccccc2c1)NCC(O)COCC1CC1. The van der Waals surface area contributed by atoms with Crippen LogP contribution in [0.3, 0.4) is 0 Å². The van der Waals surface area contributed by atoms with Gasteiger partial charge >= 0.3 is 6.03 Å². The summed E-state index contributed by atoms with van der Waals surface area (Å²) < 4.78 is 5.40. The first kappa shape index (κ1) is 16.7. The van der Waals surface area contributed by atoms with Gasteiger partial charge in [0.1, 0.15) is 0 Å². The summed E-state index contributed by atoms with van der Waals surface area (Å²) in [5, 5.41) is 17.6. The molecule has 1 fully saturated rings. The lowest BCUT2D eigenvalue weighted by atomic mass is 10.1. The molecule has 0 aliphatic heterocycles. The van der Waals surface area contributed by atoms with Gasteiger partial charge in [-0.15, -0.1) is 0 Å². The Balaban J connectivity index is 1.36. The van der Waals surface area contributed by atoms with E-state index in [0.717, 1.165) is 10.9 Å². The molecule has 0 radical (unpaired) electrons. The summed E-state index contributed by atoms with van der Waals surface area (Å²) in [7, 11) is 0. The fraction of sp³-hybridized carbons (Fsp3) is 0.421. The minimum atomic E-state index is -0.671. The molecule has 1 aliphatic rings. The molecule has 1 saturated carbocycles. The normalized spacial score (nSPS) is 15.2. The number of amides is 2. The Morgan fingerprint density at radius 1 is 1.17 bits per heavy atom. The second kappa shape index (κ2) is 8.13. The van der Waals surface area contributed by atoms with Gasteiger partial charge in [0, 0.05) is 19.7 Å². The van der Waals surface area contributed by atoms with Crippen molar-refractivity contribution in [1.29, 1.82) is 0 Å². The van der Waals surface area contributed by atoms with E-state index in [2.05, 4.69) is 28.8 Å². The van der Waals surface area contributed by atoms with E-state index in [4.69, 9.17) is 4.74 Å². The number of aliphatic hydroxyl groups excluding tert-OH is 1. The lowest BCUT2D eigenvalue weighted by Gasteiger charge is -2.13. The van der Waals surface area contributed by atoms with Gasteiger partial charge < -0.3 is 20.5 Å². The molecule has 2 amide bonds. The molecule has 3 N–H and O–H groups in total. The number of benzene rings is 2. The minimum absolute atomic E-state index is 0.189. The molecule has 0 spiro atoms. The zero-order valence-corrected chi connectivity index (χ0v) is 13.7. The lowest BCUT2D eigenvalue weighted by Crippen LogP contribution is -2.40. The summed E-state index contributed by atoms with van der Waals surface area (Å²) >= 11 is 0. The van der Waals surface area contributed by atoms with E-state index in [1.165, 1.54) is 18.2 Å². The van der Waals surface area contributed by atoms with Crippen LogP contribution in [-0.2, 0) is 11.3 Å². The van der Waals surface area contributed by atoms with E-state index in [1.807, 2.05) is 24.3 Å². The Morgan fingerprint density at radius 2 is 1.96 bits per heavy atom. The highest BCUT2D eigenvalue weighted by Gasteiger charge is 2.21. The summed E-state index contributed by atoms with van der Waals surface area (Å²) in [6.07, 6.45) is 1.78. The first-order valence-corrected chi connectivity index (χ1v) is 8.46. The van der Waals surface area contributed by atoms with Gasteiger partial charge in [-0.2, -0.15) is 0 Å². The molecule has 1 atom stereocenters. The average Bonchev–Trinajstić information content (AvgIpc) is 3.42. The van der Waals surface area contributed by atoms with Crippen LogP contribution < -0.4 is 10.6 Å². The zero-order valence-electron chi connectivity index (χ0n) is 13.7. The van der Waals surface area contributed by atoms with Crippen molar-refractivity contribution in [3.63, 3.8) is 0 Å². The van der Waals surface area contributed by atoms with Crippen LogP contribution in [0.5, 0.6) is 0 Å². The van der Waals surface area contributed by atoms with Crippen LogP contribution in [0, 0.1) is 5.92 Å². The van der Waals surface area contributed by atoms with E-state index in [9.17, 15) is 9.90 Å². The number of nitrogens with one attached hydrogen (secondary N) is 2. The van der Waals surface area contributed by atoms with Crippen molar-refractivity contribution < 1.29 is 14.6 Å². The van der Waals surface area contributed by atoms with Gasteiger partial charge in [0.05, 0.1) is 12.7 Å².